The van der Waals surface area contributed by atoms with Gasteiger partial charge < -0.3 is 15.0 Å². The van der Waals surface area contributed by atoms with Crippen LogP contribution in [0.25, 0.3) is 11.3 Å². The molecule has 3 heterocycles. The average molecular weight is 471 g/mol. The van der Waals surface area contributed by atoms with Crippen molar-refractivity contribution < 1.29 is 14.3 Å². The number of pyridine rings is 1. The van der Waals surface area contributed by atoms with Gasteiger partial charge in [0.05, 0.1) is 17.3 Å². The molecule has 4 rings (SSSR count). The molecule has 0 aliphatic carbocycles. The number of anilines is 2. The highest BCUT2D eigenvalue weighted by molar-refractivity contribution is 7.18. The van der Waals surface area contributed by atoms with E-state index >= 15 is 0 Å². The van der Waals surface area contributed by atoms with Crippen molar-refractivity contribution >= 4 is 45.8 Å². The minimum Gasteiger partial charge on any atom is -0.462 e. The maximum absolute atomic E-state index is 12.9. The third kappa shape index (κ3) is 5.08. The molecule has 32 heavy (non-hydrogen) atoms. The monoisotopic (exact) mass is 470 g/mol. The summed E-state index contributed by atoms with van der Waals surface area (Å²) in [5.74, 6) is 0.207. The summed E-state index contributed by atoms with van der Waals surface area (Å²) in [7, 11) is 0. The normalized spacial score (nSPS) is 14.2. The van der Waals surface area contributed by atoms with Gasteiger partial charge in [0.25, 0.3) is 0 Å². The van der Waals surface area contributed by atoms with Gasteiger partial charge >= 0.3 is 5.97 Å². The predicted octanol–water partition coefficient (Wildman–Crippen LogP) is 4.89. The van der Waals surface area contributed by atoms with Gasteiger partial charge in [-0.2, -0.15) is 0 Å². The molecule has 0 bridgehead atoms. The highest BCUT2D eigenvalue weighted by atomic mass is 35.5. The molecule has 1 N–H and O–H groups in total. The smallest absolute Gasteiger partial charge is 0.350 e. The highest BCUT2D eigenvalue weighted by Crippen LogP contribution is 2.32. The van der Waals surface area contributed by atoms with E-state index in [0.717, 1.165) is 35.8 Å². The van der Waals surface area contributed by atoms with Crippen molar-refractivity contribution in [2.24, 2.45) is 5.92 Å². The van der Waals surface area contributed by atoms with Gasteiger partial charge in [-0.1, -0.05) is 53.3 Å². The van der Waals surface area contributed by atoms with Gasteiger partial charge in [0.2, 0.25) is 5.91 Å². The van der Waals surface area contributed by atoms with Gasteiger partial charge in [-0.3, -0.25) is 4.79 Å². The molecule has 0 saturated carbocycles. The Bertz CT molecular complexity index is 1080. The largest absolute Gasteiger partial charge is 0.462 e. The number of nitrogens with zero attached hydrogens (tertiary/aromatic N) is 3. The summed E-state index contributed by atoms with van der Waals surface area (Å²) in [6, 6.07) is 13.1. The van der Waals surface area contributed by atoms with Crippen LogP contribution in [-0.4, -0.2) is 41.5 Å². The lowest BCUT2D eigenvalue weighted by Gasteiger charge is -2.31. The Balaban J connectivity index is 1.44. The molecule has 1 aromatic carbocycles. The fourth-order valence-corrected chi connectivity index (χ4v) is 4.63. The van der Waals surface area contributed by atoms with Gasteiger partial charge in [0.1, 0.15) is 10.7 Å². The number of nitrogens with one attached hydrogen (secondary N) is 1. The molecule has 9 heteroatoms. The minimum absolute atomic E-state index is 0.0857. The zero-order valence-corrected chi connectivity index (χ0v) is 19.2. The summed E-state index contributed by atoms with van der Waals surface area (Å²) >= 11 is 7.06. The van der Waals surface area contributed by atoms with Crippen LogP contribution in [0.4, 0.5) is 10.9 Å². The minimum atomic E-state index is -0.437. The quantitative estimate of drug-likeness (QED) is 0.516. The standard InChI is InChI=1S/C23H23ClN4O3S/c1-2-31-22(30)20-19(15-6-4-3-5-7-15)26-23(32-20)27-21(29)16-10-12-28(13-11-16)18-9-8-17(24)14-25-18/h3-9,14,16H,2,10-13H2,1H3,(H,26,27,29). The number of aromatic nitrogens is 2. The van der Waals surface area contributed by atoms with Crippen molar-refractivity contribution in [2.75, 3.05) is 29.9 Å². The molecule has 0 radical (unpaired) electrons. The van der Waals surface area contributed by atoms with Crippen molar-refractivity contribution in [1.29, 1.82) is 0 Å². The van der Waals surface area contributed by atoms with E-state index in [-0.39, 0.29) is 18.4 Å². The summed E-state index contributed by atoms with van der Waals surface area (Å²) in [5, 5.41) is 3.91. The number of carbonyl (C=O) groups is 2. The van der Waals surface area contributed by atoms with Crippen molar-refractivity contribution in [3.63, 3.8) is 0 Å². The summed E-state index contributed by atoms with van der Waals surface area (Å²) < 4.78 is 5.18. The first kappa shape index (κ1) is 22.2. The zero-order valence-electron chi connectivity index (χ0n) is 17.6. The molecular formula is C23H23ClN4O3S. The number of hydrogen-bond donors (Lipinski definition) is 1. The van der Waals surface area contributed by atoms with Gasteiger partial charge in [0.15, 0.2) is 5.13 Å². The Hall–Kier alpha value is -2.97. The maximum atomic E-state index is 12.9. The molecular weight excluding hydrogens is 448 g/mol. The van der Waals surface area contributed by atoms with Crippen molar-refractivity contribution in [3.05, 3.63) is 58.6 Å². The van der Waals surface area contributed by atoms with Crippen molar-refractivity contribution in [2.45, 2.75) is 19.8 Å². The van der Waals surface area contributed by atoms with Crippen LogP contribution < -0.4 is 10.2 Å². The fourth-order valence-electron chi connectivity index (χ4n) is 3.63. The van der Waals surface area contributed by atoms with E-state index in [4.69, 9.17) is 16.3 Å². The molecule has 3 aromatic rings. The summed E-state index contributed by atoms with van der Waals surface area (Å²) in [4.78, 5) is 36.8. The zero-order chi connectivity index (χ0) is 22.5. The van der Waals surface area contributed by atoms with E-state index in [2.05, 4.69) is 20.2 Å². The molecule has 1 fully saturated rings. The number of halogens is 1. The van der Waals surface area contributed by atoms with E-state index in [1.54, 1.807) is 13.1 Å². The Kier molecular flexibility index (Phi) is 7.02. The Morgan fingerprint density at radius 2 is 1.94 bits per heavy atom. The SMILES string of the molecule is CCOC(=O)c1sc(NC(=O)C2CCN(c3ccc(Cl)cn3)CC2)nc1-c1ccccc1. The highest BCUT2D eigenvalue weighted by Gasteiger charge is 2.27. The molecule has 1 aliphatic heterocycles. The molecule has 1 amide bonds. The summed E-state index contributed by atoms with van der Waals surface area (Å²) in [6.45, 7) is 3.49. The first-order chi connectivity index (χ1) is 15.5. The van der Waals surface area contributed by atoms with Gasteiger partial charge in [-0.25, -0.2) is 14.8 Å². The van der Waals surface area contributed by atoms with Crippen molar-refractivity contribution in [1.82, 2.24) is 9.97 Å². The second-order valence-electron chi connectivity index (χ2n) is 7.37. The number of carbonyl (C=O) groups excluding carboxylic acids is 2. The summed E-state index contributed by atoms with van der Waals surface area (Å²) in [6.07, 6.45) is 3.04. The average Bonchev–Trinajstić information content (AvgIpc) is 3.24. The number of ether oxygens (including phenoxy) is 1. The number of piperidine rings is 1. The van der Waals surface area contributed by atoms with E-state index in [1.807, 2.05) is 42.5 Å². The molecule has 1 saturated heterocycles. The Morgan fingerprint density at radius 3 is 2.59 bits per heavy atom. The third-order valence-electron chi connectivity index (χ3n) is 5.27. The van der Waals surface area contributed by atoms with E-state index in [0.29, 0.717) is 33.6 Å². The van der Waals surface area contributed by atoms with Gasteiger partial charge in [-0.05, 0) is 31.9 Å². The van der Waals surface area contributed by atoms with Gasteiger partial charge in [-0.15, -0.1) is 0 Å². The van der Waals surface area contributed by atoms with Crippen LogP contribution in [0.1, 0.15) is 29.4 Å². The number of thiazole rings is 1. The molecule has 1 aliphatic rings. The van der Waals surface area contributed by atoms with Crippen LogP contribution in [0.5, 0.6) is 0 Å². The van der Waals surface area contributed by atoms with Crippen LogP contribution in [0, 0.1) is 5.92 Å². The third-order valence-corrected chi connectivity index (χ3v) is 6.44. The fraction of sp³-hybridized carbons (Fsp3) is 0.304. The van der Waals surface area contributed by atoms with Crippen LogP contribution in [-0.2, 0) is 9.53 Å². The van der Waals surface area contributed by atoms with Crippen LogP contribution >= 0.6 is 22.9 Å². The lowest BCUT2D eigenvalue weighted by Crippen LogP contribution is -2.38. The van der Waals surface area contributed by atoms with E-state index in [9.17, 15) is 9.59 Å². The van der Waals surface area contributed by atoms with Crippen LogP contribution in [0.2, 0.25) is 5.02 Å². The van der Waals surface area contributed by atoms with E-state index < -0.39 is 5.97 Å². The molecule has 0 spiro atoms. The number of hydrogen-bond acceptors (Lipinski definition) is 7. The lowest BCUT2D eigenvalue weighted by molar-refractivity contribution is -0.120. The number of esters is 1. The maximum Gasteiger partial charge on any atom is 0.350 e. The molecule has 2 aromatic heterocycles. The molecule has 7 nitrogen and oxygen atoms in total. The van der Waals surface area contributed by atoms with Crippen LogP contribution in [0.3, 0.4) is 0 Å². The topological polar surface area (TPSA) is 84.4 Å². The molecule has 0 unspecified atom stereocenters. The Labute approximate surface area is 195 Å². The molecule has 0 atom stereocenters. The Morgan fingerprint density at radius 1 is 1.19 bits per heavy atom. The number of benzene rings is 1. The van der Waals surface area contributed by atoms with E-state index in [1.165, 1.54) is 0 Å². The predicted molar refractivity (Wildman–Crippen MR) is 126 cm³/mol. The lowest BCUT2D eigenvalue weighted by atomic mass is 9.96. The van der Waals surface area contributed by atoms with Gasteiger partial charge in [0, 0.05) is 30.8 Å². The number of amides is 1. The summed E-state index contributed by atoms with van der Waals surface area (Å²) in [5.41, 5.74) is 1.32. The second-order valence-corrected chi connectivity index (χ2v) is 8.80. The first-order valence-corrected chi connectivity index (χ1v) is 11.7. The van der Waals surface area contributed by atoms with Crippen molar-refractivity contribution in [3.8, 4) is 11.3 Å². The molecule has 166 valence electrons. The number of rotatable bonds is 6. The first-order valence-electron chi connectivity index (χ1n) is 10.5. The van der Waals surface area contributed by atoms with Crippen LogP contribution in [0.15, 0.2) is 48.7 Å². The second kappa shape index (κ2) is 10.1.